The Bertz CT molecular complexity index is 203. The van der Waals surface area contributed by atoms with Crippen molar-refractivity contribution in [2.75, 3.05) is 19.6 Å². The number of nitrogens with one attached hydrogen (secondary N) is 1. The molecule has 2 aliphatic heterocycles. The largest absolute Gasteiger partial charge is 0.315 e. The molecular formula is C13H26N2. The quantitative estimate of drug-likeness (QED) is 0.767. The van der Waals surface area contributed by atoms with E-state index in [1.807, 2.05) is 0 Å². The van der Waals surface area contributed by atoms with E-state index in [4.69, 9.17) is 0 Å². The number of nitrogens with zero attached hydrogens (tertiary/aromatic N) is 1. The van der Waals surface area contributed by atoms with Gasteiger partial charge in [-0.1, -0.05) is 13.8 Å². The Hall–Kier alpha value is -0.0800. The van der Waals surface area contributed by atoms with Gasteiger partial charge in [-0.25, -0.2) is 0 Å². The summed E-state index contributed by atoms with van der Waals surface area (Å²) in [6.07, 6.45) is 4.21. The minimum absolute atomic E-state index is 0.776. The number of fused-ring (bicyclic) bond motifs is 1. The summed E-state index contributed by atoms with van der Waals surface area (Å²) in [5.41, 5.74) is 0. The fraction of sp³-hybridized carbons (Fsp3) is 1.00. The van der Waals surface area contributed by atoms with Gasteiger partial charge in [0, 0.05) is 18.6 Å². The van der Waals surface area contributed by atoms with Crippen molar-refractivity contribution in [1.82, 2.24) is 10.2 Å². The van der Waals surface area contributed by atoms with Crippen LogP contribution in [0.15, 0.2) is 0 Å². The van der Waals surface area contributed by atoms with E-state index in [-0.39, 0.29) is 0 Å². The lowest BCUT2D eigenvalue weighted by Gasteiger charge is -2.41. The Morgan fingerprint density at radius 3 is 2.80 bits per heavy atom. The molecule has 2 aliphatic rings. The van der Waals surface area contributed by atoms with Crippen LogP contribution in [0.5, 0.6) is 0 Å². The van der Waals surface area contributed by atoms with Crippen LogP contribution in [-0.4, -0.2) is 36.6 Å². The van der Waals surface area contributed by atoms with Crippen molar-refractivity contribution in [3.63, 3.8) is 0 Å². The first kappa shape index (κ1) is 11.4. The minimum Gasteiger partial charge on any atom is -0.315 e. The summed E-state index contributed by atoms with van der Waals surface area (Å²) in [6.45, 7) is 10.9. The predicted octanol–water partition coefficient (Wildman–Crippen LogP) is 2.10. The average Bonchev–Trinajstić information content (AvgIpc) is 2.63. The van der Waals surface area contributed by atoms with Crippen molar-refractivity contribution in [3.05, 3.63) is 0 Å². The number of rotatable bonds is 3. The number of hydrogen-bond donors (Lipinski definition) is 1. The second-order valence-electron chi connectivity index (χ2n) is 5.84. The Kier molecular flexibility index (Phi) is 3.68. The second-order valence-corrected chi connectivity index (χ2v) is 5.84. The molecule has 2 heterocycles. The molecule has 0 saturated carbocycles. The van der Waals surface area contributed by atoms with Gasteiger partial charge in [0.2, 0.25) is 0 Å². The molecule has 0 radical (unpaired) electrons. The van der Waals surface area contributed by atoms with E-state index in [9.17, 15) is 0 Å². The van der Waals surface area contributed by atoms with Crippen molar-refractivity contribution < 1.29 is 0 Å². The van der Waals surface area contributed by atoms with Crippen LogP contribution in [0.1, 0.15) is 40.0 Å². The van der Waals surface area contributed by atoms with Crippen molar-refractivity contribution in [2.24, 2.45) is 11.8 Å². The fourth-order valence-electron chi connectivity index (χ4n) is 3.47. The molecule has 0 amide bonds. The fourth-order valence-corrected chi connectivity index (χ4v) is 3.47. The standard InChI is InChI=1S/C13H26N2/c1-10(2)7-11(3)15-6-4-5-12-8-14-9-13(12)15/h10-14H,4-9H2,1-3H3. The van der Waals surface area contributed by atoms with Gasteiger partial charge in [-0.3, -0.25) is 4.90 Å². The van der Waals surface area contributed by atoms with Gasteiger partial charge in [-0.05, 0) is 51.1 Å². The molecule has 2 heteroatoms. The average molecular weight is 210 g/mol. The van der Waals surface area contributed by atoms with E-state index in [2.05, 4.69) is 31.0 Å². The number of likely N-dealkylation sites (tertiary alicyclic amines) is 1. The Labute approximate surface area is 94.4 Å². The van der Waals surface area contributed by atoms with Crippen LogP contribution in [0.4, 0.5) is 0 Å². The van der Waals surface area contributed by atoms with Gasteiger partial charge < -0.3 is 5.32 Å². The second kappa shape index (κ2) is 4.84. The smallest absolute Gasteiger partial charge is 0.0263 e. The topological polar surface area (TPSA) is 15.3 Å². The molecule has 3 atom stereocenters. The third kappa shape index (κ3) is 2.54. The third-order valence-electron chi connectivity index (χ3n) is 4.10. The third-order valence-corrected chi connectivity index (χ3v) is 4.10. The predicted molar refractivity (Wildman–Crippen MR) is 65.0 cm³/mol. The Morgan fingerprint density at radius 1 is 1.27 bits per heavy atom. The van der Waals surface area contributed by atoms with Crippen LogP contribution in [0.3, 0.4) is 0 Å². The maximum absolute atomic E-state index is 3.56. The Balaban J connectivity index is 1.94. The molecule has 0 aliphatic carbocycles. The minimum atomic E-state index is 0.776. The molecule has 88 valence electrons. The zero-order valence-electron chi connectivity index (χ0n) is 10.5. The lowest BCUT2D eigenvalue weighted by Crippen LogP contribution is -2.49. The summed E-state index contributed by atoms with van der Waals surface area (Å²) in [5.74, 6) is 1.77. The molecule has 2 fully saturated rings. The normalized spacial score (nSPS) is 34.4. The van der Waals surface area contributed by atoms with Crippen LogP contribution in [0, 0.1) is 11.8 Å². The van der Waals surface area contributed by atoms with Gasteiger partial charge in [-0.15, -0.1) is 0 Å². The van der Waals surface area contributed by atoms with E-state index in [1.54, 1.807) is 0 Å². The zero-order chi connectivity index (χ0) is 10.8. The maximum Gasteiger partial charge on any atom is 0.0263 e. The highest BCUT2D eigenvalue weighted by atomic mass is 15.2. The molecule has 15 heavy (non-hydrogen) atoms. The maximum atomic E-state index is 3.56. The molecule has 0 bridgehead atoms. The molecule has 2 saturated heterocycles. The van der Waals surface area contributed by atoms with Crippen molar-refractivity contribution in [2.45, 2.75) is 52.1 Å². The summed E-state index contributed by atoms with van der Waals surface area (Å²) < 4.78 is 0. The van der Waals surface area contributed by atoms with Gasteiger partial charge in [0.15, 0.2) is 0 Å². The SMILES string of the molecule is CC(C)CC(C)N1CCCC2CNCC21. The first-order valence-corrected chi connectivity index (χ1v) is 6.65. The summed E-state index contributed by atoms with van der Waals surface area (Å²) in [7, 11) is 0. The monoisotopic (exact) mass is 210 g/mol. The van der Waals surface area contributed by atoms with Crippen LogP contribution >= 0.6 is 0 Å². The van der Waals surface area contributed by atoms with E-state index >= 15 is 0 Å². The van der Waals surface area contributed by atoms with Gasteiger partial charge >= 0.3 is 0 Å². The first-order valence-electron chi connectivity index (χ1n) is 6.65. The summed E-state index contributed by atoms with van der Waals surface area (Å²) in [6, 6.07) is 1.62. The molecule has 0 aromatic rings. The highest BCUT2D eigenvalue weighted by Gasteiger charge is 2.36. The summed E-state index contributed by atoms with van der Waals surface area (Å²) in [5, 5.41) is 3.56. The zero-order valence-corrected chi connectivity index (χ0v) is 10.5. The molecule has 0 spiro atoms. The highest BCUT2D eigenvalue weighted by molar-refractivity contribution is 4.93. The molecule has 3 unspecified atom stereocenters. The molecular weight excluding hydrogens is 184 g/mol. The molecule has 1 N–H and O–H groups in total. The van der Waals surface area contributed by atoms with E-state index < -0.39 is 0 Å². The number of hydrogen-bond acceptors (Lipinski definition) is 2. The van der Waals surface area contributed by atoms with Gasteiger partial charge in [-0.2, -0.15) is 0 Å². The molecule has 0 aromatic heterocycles. The summed E-state index contributed by atoms with van der Waals surface area (Å²) >= 11 is 0. The lowest BCUT2D eigenvalue weighted by molar-refractivity contribution is 0.0750. The van der Waals surface area contributed by atoms with Gasteiger partial charge in [0.25, 0.3) is 0 Å². The van der Waals surface area contributed by atoms with Crippen molar-refractivity contribution >= 4 is 0 Å². The van der Waals surface area contributed by atoms with E-state index in [0.29, 0.717) is 0 Å². The van der Waals surface area contributed by atoms with E-state index in [0.717, 1.165) is 23.9 Å². The van der Waals surface area contributed by atoms with E-state index in [1.165, 1.54) is 38.9 Å². The lowest BCUT2D eigenvalue weighted by atomic mass is 9.89. The van der Waals surface area contributed by atoms with Crippen LogP contribution in [0.2, 0.25) is 0 Å². The van der Waals surface area contributed by atoms with Gasteiger partial charge in [0.05, 0.1) is 0 Å². The van der Waals surface area contributed by atoms with Gasteiger partial charge in [0.1, 0.15) is 0 Å². The molecule has 2 nitrogen and oxygen atoms in total. The molecule has 2 rings (SSSR count). The molecule has 0 aromatic carbocycles. The highest BCUT2D eigenvalue weighted by Crippen LogP contribution is 2.29. The summed E-state index contributed by atoms with van der Waals surface area (Å²) in [4.78, 5) is 2.77. The van der Waals surface area contributed by atoms with Crippen LogP contribution < -0.4 is 5.32 Å². The Morgan fingerprint density at radius 2 is 2.07 bits per heavy atom. The number of piperidine rings is 1. The first-order chi connectivity index (χ1) is 7.18. The van der Waals surface area contributed by atoms with Crippen molar-refractivity contribution in [3.8, 4) is 0 Å². The van der Waals surface area contributed by atoms with Crippen molar-refractivity contribution in [1.29, 1.82) is 0 Å². The van der Waals surface area contributed by atoms with Crippen LogP contribution in [0.25, 0.3) is 0 Å². The van der Waals surface area contributed by atoms with Crippen LogP contribution in [-0.2, 0) is 0 Å².